The Labute approximate surface area is 107 Å². The number of hydrogen-bond donors (Lipinski definition) is 1. The van der Waals surface area contributed by atoms with Crippen molar-refractivity contribution in [2.45, 2.75) is 39.8 Å². The molecule has 0 aliphatic heterocycles. The van der Waals surface area contributed by atoms with E-state index in [0.29, 0.717) is 10.6 Å². The number of carbonyl (C=O) groups excluding carboxylic acids is 1. The Morgan fingerprint density at radius 2 is 1.71 bits per heavy atom. The molecule has 0 unspecified atom stereocenters. The van der Waals surface area contributed by atoms with Gasteiger partial charge in [0.1, 0.15) is 5.75 Å². The number of aromatic hydroxyl groups is 1. The van der Waals surface area contributed by atoms with Crippen molar-refractivity contribution in [3.63, 3.8) is 0 Å². The molecule has 1 amide bonds. The minimum absolute atomic E-state index is 0.00770. The Hall–Kier alpha value is -1.22. The van der Waals surface area contributed by atoms with Crippen molar-refractivity contribution < 1.29 is 9.90 Å². The second-order valence-corrected chi connectivity index (χ2v) is 5.03. The van der Waals surface area contributed by atoms with E-state index in [4.69, 9.17) is 11.6 Å². The van der Waals surface area contributed by atoms with E-state index in [1.165, 1.54) is 12.1 Å². The van der Waals surface area contributed by atoms with Gasteiger partial charge in [-0.15, -0.1) is 0 Å². The van der Waals surface area contributed by atoms with Crippen LogP contribution in [0.4, 0.5) is 0 Å². The Kier molecular flexibility index (Phi) is 4.40. The maximum atomic E-state index is 12.3. The highest BCUT2D eigenvalue weighted by atomic mass is 35.5. The van der Waals surface area contributed by atoms with E-state index in [-0.39, 0.29) is 23.7 Å². The molecule has 3 nitrogen and oxygen atoms in total. The number of rotatable bonds is 3. The molecule has 0 heterocycles. The summed E-state index contributed by atoms with van der Waals surface area (Å²) in [6, 6.07) is 4.62. The standard InChI is InChI=1S/C13H18ClNO2/c1-8(2)15(9(3)4)13(17)10-5-11(14)7-12(16)6-10/h5-9,16H,1-4H3. The highest BCUT2D eigenvalue weighted by Gasteiger charge is 2.22. The van der Waals surface area contributed by atoms with Gasteiger partial charge < -0.3 is 10.0 Å². The molecule has 1 aromatic carbocycles. The third kappa shape index (κ3) is 3.37. The van der Waals surface area contributed by atoms with Gasteiger partial charge in [-0.2, -0.15) is 0 Å². The van der Waals surface area contributed by atoms with Crippen molar-refractivity contribution in [3.8, 4) is 5.75 Å². The molecule has 0 aliphatic carbocycles. The number of amides is 1. The van der Waals surface area contributed by atoms with Gasteiger partial charge in [0, 0.05) is 22.7 Å². The lowest BCUT2D eigenvalue weighted by atomic mass is 10.1. The van der Waals surface area contributed by atoms with Gasteiger partial charge in [-0.05, 0) is 45.9 Å². The smallest absolute Gasteiger partial charge is 0.254 e. The van der Waals surface area contributed by atoms with Crippen LogP contribution in [-0.4, -0.2) is 28.0 Å². The van der Waals surface area contributed by atoms with Crippen LogP contribution in [0.3, 0.4) is 0 Å². The van der Waals surface area contributed by atoms with Crippen LogP contribution in [0.15, 0.2) is 18.2 Å². The molecule has 0 fully saturated rings. The van der Waals surface area contributed by atoms with Crippen LogP contribution in [0.1, 0.15) is 38.1 Å². The maximum absolute atomic E-state index is 12.3. The first-order valence-electron chi connectivity index (χ1n) is 5.65. The molecular weight excluding hydrogens is 238 g/mol. The molecular formula is C13H18ClNO2. The zero-order valence-electron chi connectivity index (χ0n) is 10.6. The fourth-order valence-corrected chi connectivity index (χ4v) is 2.14. The topological polar surface area (TPSA) is 40.5 Å². The molecule has 0 aromatic heterocycles. The van der Waals surface area contributed by atoms with Gasteiger partial charge in [0.2, 0.25) is 0 Å². The van der Waals surface area contributed by atoms with E-state index in [2.05, 4.69) is 0 Å². The Balaban J connectivity index is 3.09. The summed E-state index contributed by atoms with van der Waals surface area (Å²) in [7, 11) is 0. The molecule has 0 bridgehead atoms. The van der Waals surface area contributed by atoms with Crippen LogP contribution >= 0.6 is 11.6 Å². The molecule has 0 radical (unpaired) electrons. The number of hydrogen-bond acceptors (Lipinski definition) is 2. The zero-order valence-corrected chi connectivity index (χ0v) is 11.3. The molecule has 4 heteroatoms. The molecule has 1 aromatic rings. The third-order valence-corrected chi connectivity index (χ3v) is 2.69. The van der Waals surface area contributed by atoms with Crippen molar-refractivity contribution in [3.05, 3.63) is 28.8 Å². The molecule has 0 aliphatic rings. The minimum Gasteiger partial charge on any atom is -0.508 e. The van der Waals surface area contributed by atoms with Gasteiger partial charge in [0.05, 0.1) is 0 Å². The second kappa shape index (κ2) is 5.41. The normalized spacial score (nSPS) is 11.0. The summed E-state index contributed by atoms with van der Waals surface area (Å²) in [5.41, 5.74) is 0.414. The summed E-state index contributed by atoms with van der Waals surface area (Å²) >= 11 is 5.83. The Morgan fingerprint density at radius 3 is 2.12 bits per heavy atom. The van der Waals surface area contributed by atoms with E-state index in [1.54, 1.807) is 11.0 Å². The molecule has 17 heavy (non-hydrogen) atoms. The average Bonchev–Trinajstić information content (AvgIpc) is 2.14. The average molecular weight is 256 g/mol. The summed E-state index contributed by atoms with van der Waals surface area (Å²) in [5, 5.41) is 9.81. The van der Waals surface area contributed by atoms with Crippen molar-refractivity contribution in [1.29, 1.82) is 0 Å². The van der Waals surface area contributed by atoms with Crippen molar-refractivity contribution in [1.82, 2.24) is 4.90 Å². The first-order valence-corrected chi connectivity index (χ1v) is 6.03. The Bertz CT molecular complexity index is 388. The number of halogens is 1. The van der Waals surface area contributed by atoms with Crippen molar-refractivity contribution in [2.24, 2.45) is 0 Å². The zero-order chi connectivity index (χ0) is 13.2. The van der Waals surface area contributed by atoms with E-state index in [1.807, 2.05) is 27.7 Å². The summed E-state index contributed by atoms with van der Waals surface area (Å²) in [4.78, 5) is 14.0. The lowest BCUT2D eigenvalue weighted by Crippen LogP contribution is -2.42. The Morgan fingerprint density at radius 1 is 1.18 bits per heavy atom. The van der Waals surface area contributed by atoms with E-state index in [9.17, 15) is 9.90 Å². The minimum atomic E-state index is -0.118. The monoisotopic (exact) mass is 255 g/mol. The number of phenolic OH excluding ortho intramolecular Hbond substituents is 1. The van der Waals surface area contributed by atoms with Gasteiger partial charge in [-0.1, -0.05) is 11.6 Å². The summed E-state index contributed by atoms with van der Waals surface area (Å²) in [6.07, 6.45) is 0. The van der Waals surface area contributed by atoms with Gasteiger partial charge >= 0.3 is 0 Å². The summed E-state index contributed by atoms with van der Waals surface area (Å²) in [5.74, 6) is -0.110. The molecule has 94 valence electrons. The molecule has 0 saturated heterocycles. The molecule has 1 rings (SSSR count). The molecule has 1 N–H and O–H groups in total. The predicted molar refractivity (Wildman–Crippen MR) is 69.6 cm³/mol. The third-order valence-electron chi connectivity index (χ3n) is 2.48. The molecule has 0 saturated carbocycles. The highest BCUT2D eigenvalue weighted by Crippen LogP contribution is 2.22. The van der Waals surface area contributed by atoms with Crippen LogP contribution < -0.4 is 0 Å². The highest BCUT2D eigenvalue weighted by molar-refractivity contribution is 6.31. The second-order valence-electron chi connectivity index (χ2n) is 4.60. The van der Waals surface area contributed by atoms with Crippen LogP contribution in [0.25, 0.3) is 0 Å². The van der Waals surface area contributed by atoms with Gasteiger partial charge in [-0.25, -0.2) is 0 Å². The number of phenols is 1. The predicted octanol–water partition coefficient (Wildman–Crippen LogP) is 3.30. The lowest BCUT2D eigenvalue weighted by Gasteiger charge is -2.30. The summed E-state index contributed by atoms with van der Waals surface area (Å²) < 4.78 is 0. The lowest BCUT2D eigenvalue weighted by molar-refractivity contribution is 0.0643. The van der Waals surface area contributed by atoms with Crippen LogP contribution in [0.2, 0.25) is 5.02 Å². The summed E-state index contributed by atoms with van der Waals surface area (Å²) in [6.45, 7) is 7.84. The first-order chi connectivity index (χ1) is 7.82. The van der Waals surface area contributed by atoms with E-state index < -0.39 is 0 Å². The van der Waals surface area contributed by atoms with Crippen LogP contribution in [0, 0.1) is 0 Å². The van der Waals surface area contributed by atoms with E-state index >= 15 is 0 Å². The first kappa shape index (κ1) is 13.8. The van der Waals surface area contributed by atoms with E-state index in [0.717, 1.165) is 0 Å². The largest absolute Gasteiger partial charge is 0.508 e. The fourth-order valence-electron chi connectivity index (χ4n) is 1.91. The number of benzene rings is 1. The quantitative estimate of drug-likeness (QED) is 0.900. The van der Waals surface area contributed by atoms with Crippen LogP contribution in [-0.2, 0) is 0 Å². The number of nitrogens with zero attached hydrogens (tertiary/aromatic N) is 1. The van der Waals surface area contributed by atoms with Crippen LogP contribution in [0.5, 0.6) is 5.75 Å². The number of carbonyl (C=O) groups is 1. The van der Waals surface area contributed by atoms with Gasteiger partial charge in [0.15, 0.2) is 0 Å². The molecule has 0 spiro atoms. The van der Waals surface area contributed by atoms with Crippen molar-refractivity contribution in [2.75, 3.05) is 0 Å². The molecule has 0 atom stereocenters. The fraction of sp³-hybridized carbons (Fsp3) is 0.462. The SMILES string of the molecule is CC(C)N(C(=O)c1cc(O)cc(Cl)c1)C(C)C. The van der Waals surface area contributed by atoms with Gasteiger partial charge in [-0.3, -0.25) is 4.79 Å². The van der Waals surface area contributed by atoms with Gasteiger partial charge in [0.25, 0.3) is 5.91 Å². The van der Waals surface area contributed by atoms with Crippen molar-refractivity contribution >= 4 is 17.5 Å². The maximum Gasteiger partial charge on any atom is 0.254 e.